The number of nitrogens with zero attached hydrogens (tertiary/aromatic N) is 3. The number of guanidine groups is 1. The third-order valence-electron chi connectivity index (χ3n) is 10.0. The van der Waals surface area contributed by atoms with Crippen molar-refractivity contribution in [1.29, 1.82) is 5.41 Å². The van der Waals surface area contributed by atoms with Gasteiger partial charge in [0.2, 0.25) is 0 Å². The van der Waals surface area contributed by atoms with E-state index in [0.29, 0.717) is 35.8 Å². The number of fused-ring (bicyclic) bond motifs is 1. The van der Waals surface area contributed by atoms with E-state index in [1.807, 2.05) is 0 Å². The van der Waals surface area contributed by atoms with E-state index in [-0.39, 0.29) is 35.3 Å². The van der Waals surface area contributed by atoms with Gasteiger partial charge in [-0.25, -0.2) is 0 Å². The largest absolute Gasteiger partial charge is 0.337 e. The summed E-state index contributed by atoms with van der Waals surface area (Å²) in [4.78, 5) is 6.90. The van der Waals surface area contributed by atoms with Crippen LogP contribution >= 0.6 is 23.2 Å². The van der Waals surface area contributed by atoms with E-state index in [1.54, 1.807) is 0 Å². The lowest BCUT2D eigenvalue weighted by Gasteiger charge is -2.46. The maximum Gasteiger partial charge on any atom is 0.195 e. The zero-order valence-electron chi connectivity index (χ0n) is 22.4. The molecule has 3 aliphatic heterocycles. The van der Waals surface area contributed by atoms with Gasteiger partial charge in [0.15, 0.2) is 5.96 Å². The molecule has 0 aromatic heterocycles. The van der Waals surface area contributed by atoms with Crippen molar-refractivity contribution in [2.75, 3.05) is 27.2 Å². The van der Waals surface area contributed by atoms with E-state index in [1.165, 1.54) is 51.4 Å². The first-order chi connectivity index (χ1) is 17.9. The topological polar surface area (TPSA) is 69.7 Å². The Morgan fingerprint density at radius 1 is 0.892 bits per heavy atom. The molecular weight excluding hydrogens is 505 g/mol. The van der Waals surface area contributed by atoms with Crippen molar-refractivity contribution >= 4 is 29.2 Å². The van der Waals surface area contributed by atoms with Crippen LogP contribution < -0.4 is 16.0 Å². The Labute approximate surface area is 233 Å². The van der Waals surface area contributed by atoms with Crippen molar-refractivity contribution < 1.29 is 0 Å². The molecule has 0 spiro atoms. The van der Waals surface area contributed by atoms with Crippen LogP contribution in [0.15, 0.2) is 0 Å². The molecule has 37 heavy (non-hydrogen) atoms. The quantitative estimate of drug-likeness (QED) is 0.245. The van der Waals surface area contributed by atoms with Gasteiger partial charge in [0.05, 0.1) is 29.9 Å². The summed E-state index contributed by atoms with van der Waals surface area (Å²) in [6, 6.07) is 0.196. The Balaban J connectivity index is 1.15. The molecule has 8 unspecified atom stereocenters. The van der Waals surface area contributed by atoms with Crippen molar-refractivity contribution in [3.63, 3.8) is 0 Å². The molecule has 0 bridgehead atoms. The van der Waals surface area contributed by atoms with Gasteiger partial charge in [0, 0.05) is 37.4 Å². The predicted octanol–water partition coefficient (Wildman–Crippen LogP) is 3.19. The molecule has 0 radical (unpaired) electrons. The van der Waals surface area contributed by atoms with Gasteiger partial charge in [0.1, 0.15) is 6.17 Å². The third kappa shape index (κ3) is 5.49. The van der Waals surface area contributed by atoms with Gasteiger partial charge in [-0.2, -0.15) is 0 Å². The highest BCUT2D eigenvalue weighted by Gasteiger charge is 2.51. The standard InChI is InChI=1S/C28H45Cl2N7/c1-35-16-23(30)33-26(35)19-12-9-18(10-13-19)15-37-27-24(36(2)28(37)31)22(14-11-17-7-8-17)32-25(34-27)20-5-3-4-6-21(20)29/h17-27,31-34H,3-10,12-13,15-16H2,1-2H3. The van der Waals surface area contributed by atoms with Crippen molar-refractivity contribution in [1.82, 2.24) is 30.7 Å². The van der Waals surface area contributed by atoms with Gasteiger partial charge in [-0.1, -0.05) is 24.7 Å². The van der Waals surface area contributed by atoms with Gasteiger partial charge in [-0.15, -0.1) is 23.2 Å². The average Bonchev–Trinajstić information content (AvgIpc) is 3.62. The summed E-state index contributed by atoms with van der Waals surface area (Å²) in [5.41, 5.74) is 0.0666. The molecule has 3 heterocycles. The molecule has 4 N–H and O–H groups in total. The summed E-state index contributed by atoms with van der Waals surface area (Å²) in [6.45, 7) is 1.86. The summed E-state index contributed by atoms with van der Waals surface area (Å²) in [6.07, 6.45) is 12.7. The molecule has 0 aromatic carbocycles. The van der Waals surface area contributed by atoms with Gasteiger partial charge >= 0.3 is 0 Å². The minimum Gasteiger partial charge on any atom is -0.337 e. The molecule has 3 aliphatic carbocycles. The zero-order chi connectivity index (χ0) is 25.7. The fourth-order valence-corrected chi connectivity index (χ4v) is 8.45. The summed E-state index contributed by atoms with van der Waals surface area (Å²) in [5.74, 6) is 10.1. The lowest BCUT2D eigenvalue weighted by atomic mass is 9.80. The zero-order valence-corrected chi connectivity index (χ0v) is 23.9. The molecule has 9 heteroatoms. The monoisotopic (exact) mass is 549 g/mol. The highest BCUT2D eigenvalue weighted by Crippen LogP contribution is 2.38. The number of alkyl halides is 2. The molecule has 3 saturated heterocycles. The van der Waals surface area contributed by atoms with Gasteiger partial charge < -0.3 is 9.80 Å². The molecule has 6 fully saturated rings. The number of hydrogen-bond donors (Lipinski definition) is 4. The van der Waals surface area contributed by atoms with Crippen LogP contribution in [0.5, 0.6) is 0 Å². The van der Waals surface area contributed by atoms with Gasteiger partial charge in [-0.05, 0) is 70.3 Å². The van der Waals surface area contributed by atoms with Crippen LogP contribution in [0.3, 0.4) is 0 Å². The van der Waals surface area contributed by atoms with Crippen molar-refractivity contribution in [2.45, 2.75) is 106 Å². The molecule has 0 amide bonds. The van der Waals surface area contributed by atoms with Gasteiger partial charge in [-0.3, -0.25) is 26.3 Å². The summed E-state index contributed by atoms with van der Waals surface area (Å²) >= 11 is 13.3. The maximum atomic E-state index is 9.10. The first-order valence-electron chi connectivity index (χ1n) is 14.7. The summed E-state index contributed by atoms with van der Waals surface area (Å²) in [7, 11) is 4.27. The normalized spacial score (nSPS) is 45.0. The minimum absolute atomic E-state index is 0.0567. The molecular formula is C28H45Cl2N7. The second-order valence-electron chi connectivity index (χ2n) is 12.6. The molecule has 6 rings (SSSR count). The lowest BCUT2D eigenvalue weighted by molar-refractivity contribution is 0.0814. The number of nitrogens with one attached hydrogen (secondary N) is 4. The second kappa shape index (κ2) is 11.0. The van der Waals surface area contributed by atoms with Crippen molar-refractivity contribution in [2.24, 2.45) is 23.7 Å². The Morgan fingerprint density at radius 3 is 2.32 bits per heavy atom. The molecule has 8 atom stereocenters. The van der Waals surface area contributed by atoms with E-state index < -0.39 is 0 Å². The maximum absolute atomic E-state index is 9.10. The molecule has 0 aromatic rings. The summed E-state index contributed by atoms with van der Waals surface area (Å²) in [5, 5.41) is 20.7. The minimum atomic E-state index is 0.0567. The number of rotatable bonds is 4. The van der Waals surface area contributed by atoms with E-state index >= 15 is 0 Å². The van der Waals surface area contributed by atoms with Crippen LogP contribution in [-0.4, -0.2) is 89.3 Å². The summed E-state index contributed by atoms with van der Waals surface area (Å²) < 4.78 is 0. The highest BCUT2D eigenvalue weighted by molar-refractivity contribution is 6.21. The lowest BCUT2D eigenvalue weighted by Crippen LogP contribution is -2.71. The van der Waals surface area contributed by atoms with Crippen LogP contribution in [0.2, 0.25) is 0 Å². The highest BCUT2D eigenvalue weighted by atomic mass is 35.5. The van der Waals surface area contributed by atoms with Gasteiger partial charge in [0.25, 0.3) is 0 Å². The molecule has 7 nitrogen and oxygen atoms in total. The van der Waals surface area contributed by atoms with E-state index in [2.05, 4.69) is 56.6 Å². The van der Waals surface area contributed by atoms with Crippen LogP contribution in [-0.2, 0) is 0 Å². The van der Waals surface area contributed by atoms with Crippen LogP contribution in [0.4, 0.5) is 0 Å². The molecule has 3 saturated carbocycles. The number of hydrogen-bond acceptors (Lipinski definition) is 5. The van der Waals surface area contributed by atoms with E-state index in [0.717, 1.165) is 25.9 Å². The fourth-order valence-electron chi connectivity index (χ4n) is 7.68. The molecule has 206 valence electrons. The van der Waals surface area contributed by atoms with Crippen LogP contribution in [0, 0.1) is 40.9 Å². The second-order valence-corrected chi connectivity index (χ2v) is 13.7. The number of halogens is 2. The van der Waals surface area contributed by atoms with Crippen LogP contribution in [0.25, 0.3) is 0 Å². The Bertz CT molecular complexity index is 895. The van der Waals surface area contributed by atoms with E-state index in [4.69, 9.17) is 28.6 Å². The van der Waals surface area contributed by atoms with Crippen molar-refractivity contribution in [3.05, 3.63) is 0 Å². The Kier molecular flexibility index (Phi) is 7.89. The third-order valence-corrected chi connectivity index (χ3v) is 10.8. The first-order valence-corrected chi connectivity index (χ1v) is 15.6. The Hall–Kier alpha value is -0.750. The van der Waals surface area contributed by atoms with E-state index in [9.17, 15) is 0 Å². The van der Waals surface area contributed by atoms with Crippen molar-refractivity contribution in [3.8, 4) is 11.8 Å². The van der Waals surface area contributed by atoms with Crippen LogP contribution in [0.1, 0.15) is 64.2 Å². The Morgan fingerprint density at radius 2 is 1.65 bits per heavy atom. The smallest absolute Gasteiger partial charge is 0.195 e. The average molecular weight is 551 g/mol. The molecule has 6 aliphatic rings. The number of likely N-dealkylation sites (N-methyl/N-ethyl adjacent to an activating group) is 2. The predicted molar refractivity (Wildman–Crippen MR) is 150 cm³/mol. The fraction of sp³-hybridized carbons (Fsp3) is 0.893. The first kappa shape index (κ1) is 26.5. The SMILES string of the molecule is CN1CC(Cl)NC1C1CCC(CN2C(=N)N(C)C3C(C#CC4CC4)NC(C4CCCCC4Cl)NC32)CC1.